The van der Waals surface area contributed by atoms with Crippen LogP contribution in [0.15, 0.2) is 26.5 Å². The molecule has 19 heavy (non-hydrogen) atoms. The summed E-state index contributed by atoms with van der Waals surface area (Å²) in [7, 11) is 0. The molecule has 0 N–H and O–H groups in total. The first-order valence-electron chi connectivity index (χ1n) is 5.65. The fraction of sp³-hybridized carbons (Fsp3) is 0.250. The van der Waals surface area contributed by atoms with Gasteiger partial charge >= 0.3 is 6.08 Å². The SMILES string of the molecule is Cc1noc(OCc2nc(-c3cccs3)oc2C)n1. The van der Waals surface area contributed by atoms with Crippen LogP contribution in [-0.2, 0) is 6.61 Å². The molecular weight excluding hydrogens is 266 g/mol. The van der Waals surface area contributed by atoms with E-state index in [0.717, 1.165) is 16.3 Å². The fourth-order valence-corrected chi connectivity index (χ4v) is 2.18. The number of aryl methyl sites for hydroxylation is 2. The highest BCUT2D eigenvalue weighted by atomic mass is 32.1. The number of thiophene rings is 1. The maximum atomic E-state index is 5.61. The van der Waals surface area contributed by atoms with Crippen LogP contribution in [-0.4, -0.2) is 15.1 Å². The van der Waals surface area contributed by atoms with Gasteiger partial charge in [-0.3, -0.25) is 4.52 Å². The second-order valence-corrected chi connectivity index (χ2v) is 4.84. The van der Waals surface area contributed by atoms with E-state index in [1.807, 2.05) is 24.4 Å². The Morgan fingerprint density at radius 3 is 2.89 bits per heavy atom. The van der Waals surface area contributed by atoms with Gasteiger partial charge in [-0.25, -0.2) is 4.98 Å². The van der Waals surface area contributed by atoms with Gasteiger partial charge in [0.15, 0.2) is 5.82 Å². The van der Waals surface area contributed by atoms with Gasteiger partial charge < -0.3 is 9.15 Å². The summed E-state index contributed by atoms with van der Waals surface area (Å²) >= 11 is 1.58. The number of oxazole rings is 1. The Balaban J connectivity index is 1.75. The van der Waals surface area contributed by atoms with Crippen molar-refractivity contribution in [2.75, 3.05) is 0 Å². The summed E-state index contributed by atoms with van der Waals surface area (Å²) in [4.78, 5) is 9.35. The number of hydrogen-bond donors (Lipinski definition) is 0. The molecule has 6 nitrogen and oxygen atoms in total. The minimum Gasteiger partial charge on any atom is -0.442 e. The van der Waals surface area contributed by atoms with Crippen LogP contribution in [0.2, 0.25) is 0 Å². The van der Waals surface area contributed by atoms with Gasteiger partial charge in [0.25, 0.3) is 0 Å². The highest BCUT2D eigenvalue weighted by Crippen LogP contribution is 2.26. The smallest absolute Gasteiger partial charge is 0.417 e. The van der Waals surface area contributed by atoms with Gasteiger partial charge in [0, 0.05) is 0 Å². The number of ether oxygens (including phenoxy) is 1. The molecule has 0 spiro atoms. The average molecular weight is 277 g/mol. The lowest BCUT2D eigenvalue weighted by molar-refractivity contribution is 0.192. The predicted octanol–water partition coefficient (Wildman–Crippen LogP) is 2.98. The Morgan fingerprint density at radius 2 is 2.21 bits per heavy atom. The predicted molar refractivity (Wildman–Crippen MR) is 67.9 cm³/mol. The van der Waals surface area contributed by atoms with E-state index in [-0.39, 0.29) is 12.7 Å². The van der Waals surface area contributed by atoms with Crippen LogP contribution in [0.4, 0.5) is 0 Å². The normalized spacial score (nSPS) is 10.8. The van der Waals surface area contributed by atoms with Crippen LogP contribution in [0.5, 0.6) is 6.08 Å². The monoisotopic (exact) mass is 277 g/mol. The summed E-state index contributed by atoms with van der Waals surface area (Å²) in [5, 5.41) is 5.62. The van der Waals surface area contributed by atoms with E-state index in [1.165, 1.54) is 0 Å². The average Bonchev–Trinajstić information content (AvgIpc) is 3.07. The zero-order valence-electron chi connectivity index (χ0n) is 10.4. The summed E-state index contributed by atoms with van der Waals surface area (Å²) < 4.78 is 15.8. The van der Waals surface area contributed by atoms with E-state index in [0.29, 0.717) is 11.7 Å². The largest absolute Gasteiger partial charge is 0.442 e. The molecule has 0 unspecified atom stereocenters. The summed E-state index contributed by atoms with van der Waals surface area (Å²) in [6.45, 7) is 3.82. The highest BCUT2D eigenvalue weighted by Gasteiger charge is 2.14. The molecule has 0 aliphatic carbocycles. The van der Waals surface area contributed by atoms with E-state index < -0.39 is 0 Å². The second kappa shape index (κ2) is 4.85. The van der Waals surface area contributed by atoms with Crippen LogP contribution in [0.1, 0.15) is 17.3 Å². The molecule has 0 saturated carbocycles. The summed E-state index contributed by atoms with van der Waals surface area (Å²) in [6.07, 6.45) is 0.137. The third-order valence-corrected chi connectivity index (χ3v) is 3.32. The van der Waals surface area contributed by atoms with Crippen molar-refractivity contribution in [3.8, 4) is 16.8 Å². The van der Waals surface area contributed by atoms with Crippen LogP contribution >= 0.6 is 11.3 Å². The van der Waals surface area contributed by atoms with Crippen molar-refractivity contribution >= 4 is 11.3 Å². The number of hydrogen-bond acceptors (Lipinski definition) is 7. The fourth-order valence-electron chi connectivity index (χ4n) is 1.53. The van der Waals surface area contributed by atoms with Crippen molar-refractivity contribution in [2.45, 2.75) is 20.5 Å². The lowest BCUT2D eigenvalue weighted by atomic mass is 10.4. The van der Waals surface area contributed by atoms with Crippen molar-refractivity contribution in [1.29, 1.82) is 0 Å². The molecule has 0 aliphatic heterocycles. The molecule has 0 amide bonds. The topological polar surface area (TPSA) is 74.2 Å². The molecular formula is C12H11N3O3S. The third-order valence-electron chi connectivity index (χ3n) is 2.47. The third kappa shape index (κ3) is 2.50. The Morgan fingerprint density at radius 1 is 1.32 bits per heavy atom. The number of nitrogens with zero attached hydrogens (tertiary/aromatic N) is 3. The maximum Gasteiger partial charge on any atom is 0.417 e. The number of aromatic nitrogens is 3. The van der Waals surface area contributed by atoms with Gasteiger partial charge in [0.1, 0.15) is 18.1 Å². The van der Waals surface area contributed by atoms with Crippen molar-refractivity contribution in [3.63, 3.8) is 0 Å². The summed E-state index contributed by atoms with van der Waals surface area (Å²) in [6, 6.07) is 3.92. The lowest BCUT2D eigenvalue weighted by Gasteiger charge is -1.96. The first-order chi connectivity index (χ1) is 9.22. The molecule has 0 radical (unpaired) electrons. The first kappa shape index (κ1) is 11.9. The summed E-state index contributed by atoms with van der Waals surface area (Å²) in [5.41, 5.74) is 0.722. The Bertz CT molecular complexity index is 672. The second-order valence-electron chi connectivity index (χ2n) is 3.90. The van der Waals surface area contributed by atoms with Gasteiger partial charge in [-0.2, -0.15) is 4.98 Å². The quantitative estimate of drug-likeness (QED) is 0.729. The van der Waals surface area contributed by atoms with Crippen molar-refractivity contribution in [1.82, 2.24) is 15.1 Å². The van der Waals surface area contributed by atoms with Gasteiger partial charge in [-0.05, 0) is 25.3 Å². The molecule has 3 aromatic heterocycles. The Kier molecular flexibility index (Phi) is 3.04. The Hall–Kier alpha value is -2.15. The van der Waals surface area contributed by atoms with E-state index >= 15 is 0 Å². The van der Waals surface area contributed by atoms with E-state index in [4.69, 9.17) is 13.7 Å². The molecule has 3 heterocycles. The molecule has 7 heteroatoms. The van der Waals surface area contributed by atoms with Gasteiger partial charge in [0.05, 0.1) is 4.88 Å². The maximum absolute atomic E-state index is 5.61. The van der Waals surface area contributed by atoms with E-state index in [1.54, 1.807) is 18.3 Å². The lowest BCUT2D eigenvalue weighted by Crippen LogP contribution is -1.97. The molecule has 0 fully saturated rings. The Labute approximate surface area is 113 Å². The van der Waals surface area contributed by atoms with Crippen LogP contribution in [0.25, 0.3) is 10.8 Å². The van der Waals surface area contributed by atoms with Gasteiger partial charge in [-0.15, -0.1) is 11.3 Å². The van der Waals surface area contributed by atoms with E-state index in [9.17, 15) is 0 Å². The number of rotatable bonds is 4. The molecule has 98 valence electrons. The molecule has 0 saturated heterocycles. The van der Waals surface area contributed by atoms with Crippen LogP contribution in [0.3, 0.4) is 0 Å². The minimum absolute atomic E-state index is 0.137. The summed E-state index contributed by atoms with van der Waals surface area (Å²) in [5.74, 6) is 1.86. The van der Waals surface area contributed by atoms with Crippen molar-refractivity contribution < 1.29 is 13.7 Å². The minimum atomic E-state index is 0.137. The molecule has 0 atom stereocenters. The zero-order chi connectivity index (χ0) is 13.2. The van der Waals surface area contributed by atoms with Crippen molar-refractivity contribution in [2.24, 2.45) is 0 Å². The van der Waals surface area contributed by atoms with Gasteiger partial charge in [0.2, 0.25) is 5.89 Å². The molecule has 0 bridgehead atoms. The van der Waals surface area contributed by atoms with E-state index in [2.05, 4.69) is 15.1 Å². The molecule has 0 aliphatic rings. The molecule has 3 aromatic rings. The first-order valence-corrected chi connectivity index (χ1v) is 6.53. The standard InChI is InChI=1S/C12H11N3O3S/c1-7-9(6-16-12-13-8(2)15-18-12)14-11(17-7)10-4-3-5-19-10/h3-5H,6H2,1-2H3. The highest BCUT2D eigenvalue weighted by molar-refractivity contribution is 7.13. The molecule has 3 rings (SSSR count). The molecule has 0 aromatic carbocycles. The zero-order valence-corrected chi connectivity index (χ0v) is 11.2. The van der Waals surface area contributed by atoms with Crippen LogP contribution in [0, 0.1) is 13.8 Å². The van der Waals surface area contributed by atoms with Gasteiger partial charge in [-0.1, -0.05) is 11.2 Å². The van der Waals surface area contributed by atoms with Crippen molar-refractivity contribution in [3.05, 3.63) is 34.8 Å². The van der Waals surface area contributed by atoms with Crippen LogP contribution < -0.4 is 4.74 Å².